The van der Waals surface area contributed by atoms with Crippen molar-refractivity contribution >= 4 is 73.8 Å². The van der Waals surface area contributed by atoms with Crippen molar-refractivity contribution in [2.24, 2.45) is 0 Å². The minimum absolute atomic E-state index is 0.0387. The van der Waals surface area contributed by atoms with E-state index in [9.17, 15) is 0 Å². The van der Waals surface area contributed by atoms with E-state index in [-0.39, 0.29) is 6.04 Å². The Morgan fingerprint density at radius 1 is 0.329 bits per heavy atom. The second-order valence-electron chi connectivity index (χ2n) is 20.3. The maximum absolute atomic E-state index is 5.35. The molecule has 388 valence electrons. The summed E-state index contributed by atoms with van der Waals surface area (Å²) in [6.45, 7) is 0. The van der Waals surface area contributed by atoms with E-state index in [1.54, 1.807) is 0 Å². The predicted octanol–water partition coefficient (Wildman–Crippen LogP) is 15.4. The van der Waals surface area contributed by atoms with Gasteiger partial charge < -0.3 is 14.0 Å². The Kier molecular flexibility index (Phi) is 12.1. The van der Waals surface area contributed by atoms with Crippen LogP contribution in [0.5, 0.6) is 0 Å². The number of para-hydroxylation sites is 4. The van der Waals surface area contributed by atoms with Crippen molar-refractivity contribution in [1.29, 1.82) is 0 Å². The number of fused-ring (bicyclic) bond motifs is 6. The SMILES string of the molecule is C1=c2c(n(-c3ccccc3)c3cc4c5cc(N(c6nc(-c7ccccc7)nc(-c7ccccc7)n6)c6nc(-c7ccccc7)nc(-c7ccccc7)n6)ccc5n(-c5ccccc5)c4cc23)=CCC1N(c1ccccc1)c1ccccc1. The van der Waals surface area contributed by atoms with Gasteiger partial charge in [-0.3, -0.25) is 0 Å². The van der Waals surface area contributed by atoms with Crippen LogP contribution in [0.15, 0.2) is 273 Å². The van der Waals surface area contributed by atoms with Crippen molar-refractivity contribution < 1.29 is 0 Å². The molecule has 1 atom stereocenters. The minimum Gasteiger partial charge on any atom is -0.334 e. The van der Waals surface area contributed by atoms with E-state index >= 15 is 0 Å². The van der Waals surface area contributed by atoms with Gasteiger partial charge in [-0.2, -0.15) is 19.9 Å². The fourth-order valence-corrected chi connectivity index (χ4v) is 11.6. The zero-order valence-corrected chi connectivity index (χ0v) is 44.4. The first-order valence-corrected chi connectivity index (χ1v) is 27.6. The van der Waals surface area contributed by atoms with Crippen LogP contribution in [-0.2, 0) is 0 Å². The van der Waals surface area contributed by atoms with Gasteiger partial charge in [0, 0.05) is 71.7 Å². The Balaban J connectivity index is 1.02. The lowest BCUT2D eigenvalue weighted by Gasteiger charge is -2.32. The molecule has 4 aromatic heterocycles. The Morgan fingerprint density at radius 2 is 0.707 bits per heavy atom. The van der Waals surface area contributed by atoms with E-state index in [0.29, 0.717) is 35.2 Å². The van der Waals surface area contributed by atoms with Gasteiger partial charge in [0.15, 0.2) is 23.3 Å². The molecule has 4 heterocycles. The number of nitrogens with zero attached hydrogens (tertiary/aromatic N) is 10. The summed E-state index contributed by atoms with van der Waals surface area (Å²) < 4.78 is 4.83. The van der Waals surface area contributed by atoms with Crippen LogP contribution in [-0.4, -0.2) is 45.1 Å². The van der Waals surface area contributed by atoms with Crippen molar-refractivity contribution in [2.75, 3.05) is 9.80 Å². The summed E-state index contributed by atoms with van der Waals surface area (Å²) in [4.78, 5) is 36.1. The van der Waals surface area contributed by atoms with Gasteiger partial charge in [-0.1, -0.05) is 206 Å². The number of hydrogen-bond acceptors (Lipinski definition) is 8. The topological polar surface area (TPSA) is 93.7 Å². The summed E-state index contributed by atoms with van der Waals surface area (Å²) in [5.74, 6) is 2.73. The monoisotopic (exact) mass is 1050 g/mol. The number of benzene rings is 10. The van der Waals surface area contributed by atoms with E-state index in [4.69, 9.17) is 29.9 Å². The molecule has 0 spiro atoms. The zero-order valence-electron chi connectivity index (χ0n) is 44.4. The number of anilines is 5. The Morgan fingerprint density at radius 3 is 1.16 bits per heavy atom. The summed E-state index contributed by atoms with van der Waals surface area (Å²) in [6.07, 6.45) is 5.72. The van der Waals surface area contributed by atoms with Crippen molar-refractivity contribution in [3.8, 4) is 56.9 Å². The quantitative estimate of drug-likeness (QED) is 0.119. The molecule has 1 aliphatic carbocycles. The third-order valence-electron chi connectivity index (χ3n) is 15.3. The summed E-state index contributed by atoms with van der Waals surface area (Å²) >= 11 is 0. The number of rotatable bonds is 12. The summed E-state index contributed by atoms with van der Waals surface area (Å²) in [7, 11) is 0. The molecule has 14 aromatic rings. The predicted molar refractivity (Wildman–Crippen MR) is 332 cm³/mol. The summed E-state index contributed by atoms with van der Waals surface area (Å²) in [5, 5.41) is 5.62. The molecule has 0 saturated heterocycles. The highest BCUT2D eigenvalue weighted by molar-refractivity contribution is 6.14. The molecule has 10 nitrogen and oxygen atoms in total. The Hall–Kier alpha value is -11.1. The molecular formula is C72H50N10. The van der Waals surface area contributed by atoms with Crippen LogP contribution in [0.2, 0.25) is 0 Å². The van der Waals surface area contributed by atoms with Gasteiger partial charge in [0.1, 0.15) is 0 Å². The molecule has 15 rings (SSSR count). The average Bonchev–Trinajstić information content (AvgIpc) is 3.01. The summed E-state index contributed by atoms with van der Waals surface area (Å²) in [5.41, 5.74) is 11.8. The molecular weight excluding hydrogens is 1000 g/mol. The molecule has 0 bridgehead atoms. The first kappa shape index (κ1) is 48.1. The lowest BCUT2D eigenvalue weighted by atomic mass is 10.0. The van der Waals surface area contributed by atoms with Crippen molar-refractivity contribution in [3.05, 3.63) is 284 Å². The molecule has 0 N–H and O–H groups in total. The van der Waals surface area contributed by atoms with E-state index in [2.05, 4.69) is 178 Å². The fraction of sp³-hybridized carbons (Fsp3) is 0.0278. The molecule has 0 aliphatic heterocycles. The maximum atomic E-state index is 5.35. The Labute approximate surface area is 473 Å². The van der Waals surface area contributed by atoms with Crippen LogP contribution in [0.25, 0.3) is 102 Å². The van der Waals surface area contributed by atoms with Gasteiger partial charge in [-0.25, -0.2) is 14.9 Å². The third kappa shape index (κ3) is 8.72. The average molecular weight is 1060 g/mol. The first-order valence-electron chi connectivity index (χ1n) is 27.6. The van der Waals surface area contributed by atoms with Gasteiger partial charge in [0.05, 0.1) is 28.3 Å². The number of aromatic nitrogens is 8. The second-order valence-corrected chi connectivity index (χ2v) is 20.3. The second kappa shape index (κ2) is 20.6. The van der Waals surface area contributed by atoms with E-state index in [1.165, 1.54) is 10.6 Å². The van der Waals surface area contributed by atoms with Crippen molar-refractivity contribution in [2.45, 2.75) is 12.5 Å². The molecule has 0 radical (unpaired) electrons. The molecule has 0 amide bonds. The Bertz CT molecular complexity index is 4470. The van der Waals surface area contributed by atoms with Crippen molar-refractivity contribution in [1.82, 2.24) is 39.0 Å². The van der Waals surface area contributed by atoms with Gasteiger partial charge in [-0.05, 0) is 85.3 Å². The molecule has 10 aromatic carbocycles. The van der Waals surface area contributed by atoms with E-state index in [1.807, 2.05) is 126 Å². The smallest absolute Gasteiger partial charge is 0.241 e. The maximum Gasteiger partial charge on any atom is 0.241 e. The lowest BCUT2D eigenvalue weighted by molar-refractivity contribution is 0.832. The van der Waals surface area contributed by atoms with Crippen LogP contribution in [0, 0.1) is 0 Å². The van der Waals surface area contributed by atoms with Crippen LogP contribution < -0.4 is 20.4 Å². The van der Waals surface area contributed by atoms with Gasteiger partial charge in [0.2, 0.25) is 11.9 Å². The first-order chi connectivity index (χ1) is 40.7. The summed E-state index contributed by atoms with van der Waals surface area (Å²) in [6, 6.07) is 94.4. The van der Waals surface area contributed by atoms with Gasteiger partial charge >= 0.3 is 0 Å². The zero-order chi connectivity index (χ0) is 54.3. The highest BCUT2D eigenvalue weighted by Crippen LogP contribution is 2.41. The van der Waals surface area contributed by atoms with Crippen LogP contribution in [0.3, 0.4) is 0 Å². The fourth-order valence-electron chi connectivity index (χ4n) is 11.6. The van der Waals surface area contributed by atoms with Gasteiger partial charge in [-0.15, -0.1) is 0 Å². The normalized spacial score (nSPS) is 12.9. The molecule has 0 fully saturated rings. The van der Waals surface area contributed by atoms with Gasteiger partial charge in [0.25, 0.3) is 0 Å². The van der Waals surface area contributed by atoms with Crippen LogP contribution in [0.1, 0.15) is 6.42 Å². The molecule has 10 heteroatoms. The third-order valence-corrected chi connectivity index (χ3v) is 15.3. The highest BCUT2D eigenvalue weighted by atomic mass is 15.4. The molecule has 1 aliphatic rings. The number of hydrogen-bond donors (Lipinski definition) is 0. The molecule has 1 unspecified atom stereocenters. The van der Waals surface area contributed by atoms with E-state index in [0.717, 1.165) is 89.8 Å². The highest BCUT2D eigenvalue weighted by Gasteiger charge is 2.28. The minimum atomic E-state index is 0.0387. The van der Waals surface area contributed by atoms with E-state index < -0.39 is 0 Å². The standard InChI is InChI=1S/C72H50N10/c1-9-25-49(26-10-1)67-73-68(50-27-11-2-12-28-50)76-71(75-67)82(72-77-69(51-29-13-3-14-30-51)74-70(78-72)52-31-15-4-16-32-52)58-42-44-64-60(46-58)62-48-65-61(47-66(62)81(64)56-39-23-8-24-40-56)59-45-57(41-43-63(59)80(65)55-37-21-7-22-38-55)79(53-33-17-5-18-34-53)54-35-19-6-20-36-54/h1-40,42-48,57H,41H2. The largest absolute Gasteiger partial charge is 0.334 e. The molecule has 82 heavy (non-hydrogen) atoms. The lowest BCUT2D eigenvalue weighted by Crippen LogP contribution is -2.39. The van der Waals surface area contributed by atoms with Crippen LogP contribution in [0.4, 0.5) is 29.0 Å². The van der Waals surface area contributed by atoms with Crippen molar-refractivity contribution in [3.63, 3.8) is 0 Å². The van der Waals surface area contributed by atoms with Crippen LogP contribution >= 0.6 is 0 Å². The molecule has 0 saturated carbocycles.